The molecule has 114 valence electrons. The van der Waals surface area contributed by atoms with Crippen LogP contribution in [-0.2, 0) is 0 Å². The molecule has 0 bridgehead atoms. The summed E-state index contributed by atoms with van der Waals surface area (Å²) in [5, 5.41) is 13.1. The molecule has 2 atom stereocenters. The molecule has 0 saturated heterocycles. The molecule has 2 N–H and O–H groups in total. The van der Waals surface area contributed by atoms with Crippen molar-refractivity contribution in [2.24, 2.45) is 11.8 Å². The number of hydrogen-bond donors (Lipinski definition) is 2. The lowest BCUT2D eigenvalue weighted by Crippen LogP contribution is -2.34. The summed E-state index contributed by atoms with van der Waals surface area (Å²) in [6.45, 7) is 8.34. The number of hydrogen-bond acceptors (Lipinski definition) is 4. The van der Waals surface area contributed by atoms with Crippen molar-refractivity contribution >= 4 is 0 Å². The minimum absolute atomic E-state index is 0.274. The van der Waals surface area contributed by atoms with E-state index >= 15 is 0 Å². The highest BCUT2D eigenvalue weighted by atomic mass is 16.5. The average molecular weight is 281 g/mol. The molecule has 0 heterocycles. The second kappa shape index (κ2) is 8.82. The Bertz CT molecular complexity index is 382. The number of aliphatic hydroxyl groups excluding tert-OH is 1. The van der Waals surface area contributed by atoms with E-state index in [0.29, 0.717) is 24.1 Å². The number of benzene rings is 1. The van der Waals surface area contributed by atoms with Gasteiger partial charge in [0, 0.05) is 12.6 Å². The molecule has 0 saturated carbocycles. The monoisotopic (exact) mass is 281 g/mol. The highest BCUT2D eigenvalue weighted by Crippen LogP contribution is 2.18. The fourth-order valence-electron chi connectivity index (χ4n) is 1.66. The van der Waals surface area contributed by atoms with Crippen molar-refractivity contribution in [1.29, 1.82) is 0 Å². The van der Waals surface area contributed by atoms with Crippen LogP contribution in [0.5, 0.6) is 11.5 Å². The average Bonchev–Trinajstić information content (AvgIpc) is 2.45. The molecule has 0 spiro atoms. The summed E-state index contributed by atoms with van der Waals surface area (Å²) in [5.41, 5.74) is 0. The molecule has 0 fully saturated rings. The van der Waals surface area contributed by atoms with Gasteiger partial charge < -0.3 is 19.9 Å². The molecular weight excluding hydrogens is 254 g/mol. The van der Waals surface area contributed by atoms with Crippen molar-refractivity contribution < 1.29 is 14.6 Å². The third-order valence-electron chi connectivity index (χ3n) is 3.47. The first-order chi connectivity index (χ1) is 9.52. The second-order valence-corrected chi connectivity index (χ2v) is 5.52. The molecule has 0 aliphatic rings. The SMILES string of the molecule is COc1cccc(OCC(O)CNCC(C)C(C)C)c1. The van der Waals surface area contributed by atoms with Gasteiger partial charge >= 0.3 is 0 Å². The molecule has 1 aromatic rings. The van der Waals surface area contributed by atoms with E-state index in [1.807, 2.05) is 18.2 Å². The summed E-state index contributed by atoms with van der Waals surface area (Å²) >= 11 is 0. The van der Waals surface area contributed by atoms with Crippen molar-refractivity contribution in [3.05, 3.63) is 24.3 Å². The van der Waals surface area contributed by atoms with Gasteiger partial charge in [-0.2, -0.15) is 0 Å². The van der Waals surface area contributed by atoms with Gasteiger partial charge in [-0.05, 0) is 30.5 Å². The Labute approximate surface area is 122 Å². The lowest BCUT2D eigenvalue weighted by molar-refractivity contribution is 0.105. The van der Waals surface area contributed by atoms with E-state index < -0.39 is 6.10 Å². The summed E-state index contributed by atoms with van der Waals surface area (Å²) in [4.78, 5) is 0. The van der Waals surface area contributed by atoms with E-state index in [0.717, 1.165) is 12.3 Å². The quantitative estimate of drug-likeness (QED) is 0.729. The van der Waals surface area contributed by atoms with E-state index in [-0.39, 0.29) is 6.61 Å². The van der Waals surface area contributed by atoms with Crippen molar-refractivity contribution in [2.45, 2.75) is 26.9 Å². The van der Waals surface area contributed by atoms with E-state index in [9.17, 15) is 5.11 Å². The van der Waals surface area contributed by atoms with Crippen molar-refractivity contribution in [1.82, 2.24) is 5.32 Å². The van der Waals surface area contributed by atoms with Gasteiger partial charge in [-0.25, -0.2) is 0 Å². The van der Waals surface area contributed by atoms with Gasteiger partial charge in [0.15, 0.2) is 0 Å². The lowest BCUT2D eigenvalue weighted by atomic mass is 9.98. The van der Waals surface area contributed by atoms with Crippen molar-refractivity contribution in [3.63, 3.8) is 0 Å². The largest absolute Gasteiger partial charge is 0.497 e. The molecule has 0 radical (unpaired) electrons. The minimum atomic E-state index is -0.513. The Morgan fingerprint density at radius 3 is 2.50 bits per heavy atom. The van der Waals surface area contributed by atoms with Crippen molar-refractivity contribution in [2.75, 3.05) is 26.8 Å². The van der Waals surface area contributed by atoms with Crippen LogP contribution >= 0.6 is 0 Å². The Hall–Kier alpha value is -1.26. The Balaban J connectivity index is 2.24. The Morgan fingerprint density at radius 2 is 1.85 bits per heavy atom. The van der Waals surface area contributed by atoms with Crippen LogP contribution in [-0.4, -0.2) is 38.0 Å². The maximum atomic E-state index is 9.87. The lowest BCUT2D eigenvalue weighted by Gasteiger charge is -2.18. The van der Waals surface area contributed by atoms with Crippen LogP contribution in [0.1, 0.15) is 20.8 Å². The summed E-state index contributed by atoms with van der Waals surface area (Å²) in [5.74, 6) is 2.70. The molecule has 0 aromatic heterocycles. The van der Waals surface area contributed by atoms with Gasteiger partial charge in [0.2, 0.25) is 0 Å². The Kier molecular flexibility index (Phi) is 7.41. The molecule has 0 aliphatic heterocycles. The summed E-state index contributed by atoms with van der Waals surface area (Å²) in [6.07, 6.45) is -0.513. The van der Waals surface area contributed by atoms with Crippen molar-refractivity contribution in [3.8, 4) is 11.5 Å². The normalized spacial score (nSPS) is 14.1. The predicted molar refractivity (Wildman–Crippen MR) is 81.4 cm³/mol. The molecule has 1 rings (SSSR count). The zero-order chi connectivity index (χ0) is 15.0. The highest BCUT2D eigenvalue weighted by Gasteiger charge is 2.09. The van der Waals surface area contributed by atoms with Gasteiger partial charge in [0.25, 0.3) is 0 Å². The van der Waals surface area contributed by atoms with Gasteiger partial charge in [-0.3, -0.25) is 0 Å². The molecule has 4 heteroatoms. The fraction of sp³-hybridized carbons (Fsp3) is 0.625. The maximum absolute atomic E-state index is 9.87. The van der Waals surface area contributed by atoms with Gasteiger partial charge in [0.05, 0.1) is 7.11 Å². The van der Waals surface area contributed by atoms with Crippen LogP contribution in [0, 0.1) is 11.8 Å². The molecule has 2 unspecified atom stereocenters. The third kappa shape index (κ3) is 6.26. The number of ether oxygens (including phenoxy) is 2. The first-order valence-electron chi connectivity index (χ1n) is 7.18. The Morgan fingerprint density at radius 1 is 1.15 bits per heavy atom. The topological polar surface area (TPSA) is 50.7 Å². The number of nitrogens with one attached hydrogen (secondary N) is 1. The van der Waals surface area contributed by atoms with E-state index in [2.05, 4.69) is 26.1 Å². The smallest absolute Gasteiger partial charge is 0.123 e. The van der Waals surface area contributed by atoms with E-state index in [1.165, 1.54) is 0 Å². The third-order valence-corrected chi connectivity index (χ3v) is 3.47. The van der Waals surface area contributed by atoms with Crippen LogP contribution in [0.15, 0.2) is 24.3 Å². The summed E-state index contributed by atoms with van der Waals surface area (Å²) < 4.78 is 10.7. The molecule has 4 nitrogen and oxygen atoms in total. The zero-order valence-corrected chi connectivity index (χ0v) is 12.9. The minimum Gasteiger partial charge on any atom is -0.497 e. The predicted octanol–water partition coefficient (Wildman–Crippen LogP) is 2.32. The second-order valence-electron chi connectivity index (χ2n) is 5.52. The standard InChI is InChI=1S/C16H27NO3/c1-12(2)13(3)9-17-10-14(18)11-20-16-7-5-6-15(8-16)19-4/h5-8,12-14,17-18H,9-11H2,1-4H3. The summed E-state index contributed by atoms with van der Waals surface area (Å²) in [6, 6.07) is 7.38. The molecule has 20 heavy (non-hydrogen) atoms. The first-order valence-corrected chi connectivity index (χ1v) is 7.18. The number of rotatable bonds is 9. The van der Waals surface area contributed by atoms with E-state index in [4.69, 9.17) is 9.47 Å². The summed E-state index contributed by atoms with van der Waals surface area (Å²) in [7, 11) is 1.62. The zero-order valence-electron chi connectivity index (χ0n) is 12.9. The van der Waals surface area contributed by atoms with Crippen LogP contribution < -0.4 is 14.8 Å². The van der Waals surface area contributed by atoms with Gasteiger partial charge in [-0.1, -0.05) is 26.8 Å². The van der Waals surface area contributed by atoms with Crippen LogP contribution in [0.2, 0.25) is 0 Å². The molecule has 0 amide bonds. The van der Waals surface area contributed by atoms with Crippen LogP contribution in [0.4, 0.5) is 0 Å². The van der Waals surface area contributed by atoms with Crippen LogP contribution in [0.25, 0.3) is 0 Å². The number of methoxy groups -OCH3 is 1. The molecular formula is C16H27NO3. The fourth-order valence-corrected chi connectivity index (χ4v) is 1.66. The molecule has 0 aliphatic carbocycles. The molecule has 1 aromatic carbocycles. The van der Waals surface area contributed by atoms with Gasteiger partial charge in [-0.15, -0.1) is 0 Å². The first kappa shape index (κ1) is 16.8. The van der Waals surface area contributed by atoms with E-state index in [1.54, 1.807) is 13.2 Å². The van der Waals surface area contributed by atoms with Crippen LogP contribution in [0.3, 0.4) is 0 Å². The number of aliphatic hydroxyl groups is 1. The maximum Gasteiger partial charge on any atom is 0.123 e. The highest BCUT2D eigenvalue weighted by molar-refractivity contribution is 5.32. The van der Waals surface area contributed by atoms with Gasteiger partial charge in [0.1, 0.15) is 24.2 Å².